The number of H-pyrrole nitrogens is 1. The second-order valence-corrected chi connectivity index (χ2v) is 4.74. The van der Waals surface area contributed by atoms with Crippen LogP contribution in [0.2, 0.25) is 0 Å². The van der Waals surface area contributed by atoms with Gasteiger partial charge in [-0.2, -0.15) is 5.10 Å². The first kappa shape index (κ1) is 12.2. The molecule has 1 fully saturated rings. The SMILES string of the molecule is O=c1[nH]nc2cc(NCCOC3CCCC3)ncn12. The van der Waals surface area contributed by atoms with Crippen LogP contribution in [0.1, 0.15) is 25.7 Å². The van der Waals surface area contributed by atoms with E-state index in [0.717, 1.165) is 0 Å². The molecule has 0 saturated heterocycles. The van der Waals surface area contributed by atoms with Gasteiger partial charge in [-0.3, -0.25) is 0 Å². The molecular formula is C12H17N5O2. The monoisotopic (exact) mass is 263 g/mol. The molecule has 0 unspecified atom stereocenters. The third kappa shape index (κ3) is 2.76. The summed E-state index contributed by atoms with van der Waals surface area (Å²) in [6.07, 6.45) is 6.82. The Balaban J connectivity index is 1.52. The quantitative estimate of drug-likeness (QED) is 0.779. The first-order valence-electron chi connectivity index (χ1n) is 6.61. The molecule has 7 nitrogen and oxygen atoms in total. The maximum absolute atomic E-state index is 11.3. The van der Waals surface area contributed by atoms with Gasteiger partial charge < -0.3 is 10.1 Å². The highest BCUT2D eigenvalue weighted by Crippen LogP contribution is 2.20. The molecule has 2 N–H and O–H groups in total. The summed E-state index contributed by atoms with van der Waals surface area (Å²) in [5.74, 6) is 0.696. The minimum absolute atomic E-state index is 0.279. The standard InChI is InChI=1S/C12H17N5O2/c18-12-16-15-11-7-10(14-8-17(11)12)13-5-6-19-9-3-1-2-4-9/h7-9,13H,1-6H2,(H,16,18). The van der Waals surface area contributed by atoms with Crippen molar-refractivity contribution in [3.05, 3.63) is 22.9 Å². The molecule has 0 amide bonds. The first-order valence-corrected chi connectivity index (χ1v) is 6.61. The van der Waals surface area contributed by atoms with E-state index in [4.69, 9.17) is 4.74 Å². The molecule has 1 saturated carbocycles. The van der Waals surface area contributed by atoms with Crippen LogP contribution in [0, 0.1) is 0 Å². The molecule has 1 aliphatic rings. The van der Waals surface area contributed by atoms with Gasteiger partial charge in [-0.25, -0.2) is 19.3 Å². The maximum atomic E-state index is 11.3. The Morgan fingerprint density at radius 3 is 3.16 bits per heavy atom. The van der Waals surface area contributed by atoms with E-state index < -0.39 is 0 Å². The van der Waals surface area contributed by atoms with Gasteiger partial charge in [0.1, 0.15) is 12.1 Å². The number of aromatic amines is 1. The zero-order valence-electron chi connectivity index (χ0n) is 10.6. The van der Waals surface area contributed by atoms with Crippen LogP contribution in [0.25, 0.3) is 5.65 Å². The second kappa shape index (κ2) is 5.40. The summed E-state index contributed by atoms with van der Waals surface area (Å²) in [5.41, 5.74) is 0.276. The number of nitrogens with one attached hydrogen (secondary N) is 2. The molecule has 0 spiro atoms. The van der Waals surface area contributed by atoms with E-state index >= 15 is 0 Å². The van der Waals surface area contributed by atoms with Crippen molar-refractivity contribution in [2.75, 3.05) is 18.5 Å². The van der Waals surface area contributed by atoms with Gasteiger partial charge in [-0.15, -0.1) is 0 Å². The van der Waals surface area contributed by atoms with Gasteiger partial charge in [0.25, 0.3) is 0 Å². The average Bonchev–Trinajstić information content (AvgIpc) is 3.05. The lowest BCUT2D eigenvalue weighted by Gasteiger charge is -2.11. The third-order valence-corrected chi connectivity index (χ3v) is 3.37. The fraction of sp³-hybridized carbons (Fsp3) is 0.583. The van der Waals surface area contributed by atoms with E-state index in [1.165, 1.54) is 36.4 Å². The van der Waals surface area contributed by atoms with E-state index in [-0.39, 0.29) is 5.69 Å². The minimum atomic E-state index is -0.279. The number of fused-ring (bicyclic) bond motifs is 1. The van der Waals surface area contributed by atoms with Gasteiger partial charge in [0.2, 0.25) is 0 Å². The minimum Gasteiger partial charge on any atom is -0.376 e. The molecule has 19 heavy (non-hydrogen) atoms. The summed E-state index contributed by atoms with van der Waals surface area (Å²) in [5, 5.41) is 9.42. The van der Waals surface area contributed by atoms with Gasteiger partial charge >= 0.3 is 5.69 Å². The van der Waals surface area contributed by atoms with Crippen LogP contribution in [0.3, 0.4) is 0 Å². The smallest absolute Gasteiger partial charge is 0.348 e. The molecule has 0 aliphatic heterocycles. The Hall–Kier alpha value is -1.89. The number of anilines is 1. The summed E-state index contributed by atoms with van der Waals surface area (Å²) < 4.78 is 7.11. The molecular weight excluding hydrogens is 246 g/mol. The zero-order valence-corrected chi connectivity index (χ0v) is 10.6. The molecule has 0 aromatic carbocycles. The van der Waals surface area contributed by atoms with E-state index in [1.54, 1.807) is 6.07 Å². The highest BCUT2D eigenvalue weighted by molar-refractivity contribution is 5.48. The molecule has 0 radical (unpaired) electrons. The van der Waals surface area contributed by atoms with Gasteiger partial charge in [0, 0.05) is 12.6 Å². The summed E-state index contributed by atoms with van der Waals surface area (Å²) in [7, 11) is 0. The van der Waals surface area contributed by atoms with Crippen LogP contribution in [0.4, 0.5) is 5.82 Å². The largest absolute Gasteiger partial charge is 0.376 e. The number of aromatic nitrogens is 4. The zero-order chi connectivity index (χ0) is 13.1. The maximum Gasteiger partial charge on any atom is 0.348 e. The average molecular weight is 263 g/mol. The van der Waals surface area contributed by atoms with Crippen molar-refractivity contribution in [2.24, 2.45) is 0 Å². The van der Waals surface area contributed by atoms with Crippen molar-refractivity contribution in [3.63, 3.8) is 0 Å². The Bertz CT molecular complexity index is 599. The number of hydrogen-bond donors (Lipinski definition) is 2. The van der Waals surface area contributed by atoms with Gasteiger partial charge in [0.05, 0.1) is 12.7 Å². The van der Waals surface area contributed by atoms with Gasteiger partial charge in [0.15, 0.2) is 5.65 Å². The van der Waals surface area contributed by atoms with Crippen LogP contribution in [0.5, 0.6) is 0 Å². The van der Waals surface area contributed by atoms with E-state index in [1.807, 2.05) is 0 Å². The van der Waals surface area contributed by atoms with Crippen molar-refractivity contribution in [3.8, 4) is 0 Å². The van der Waals surface area contributed by atoms with E-state index in [9.17, 15) is 4.79 Å². The van der Waals surface area contributed by atoms with Crippen molar-refractivity contribution >= 4 is 11.5 Å². The molecule has 2 aromatic rings. The van der Waals surface area contributed by atoms with Crippen LogP contribution in [0.15, 0.2) is 17.2 Å². The molecule has 2 heterocycles. The highest BCUT2D eigenvalue weighted by atomic mass is 16.5. The van der Waals surface area contributed by atoms with Crippen LogP contribution >= 0.6 is 0 Å². The molecule has 0 bridgehead atoms. The van der Waals surface area contributed by atoms with Crippen LogP contribution in [-0.2, 0) is 4.74 Å². The Kier molecular flexibility index (Phi) is 3.45. The molecule has 1 aliphatic carbocycles. The normalized spacial score (nSPS) is 16.2. The predicted octanol–water partition coefficient (Wildman–Crippen LogP) is 0.789. The first-order chi connectivity index (χ1) is 9.33. The predicted molar refractivity (Wildman–Crippen MR) is 70.3 cm³/mol. The second-order valence-electron chi connectivity index (χ2n) is 4.74. The van der Waals surface area contributed by atoms with Crippen LogP contribution < -0.4 is 11.0 Å². The highest BCUT2D eigenvalue weighted by Gasteiger charge is 2.14. The number of hydrogen-bond acceptors (Lipinski definition) is 5. The number of rotatable bonds is 5. The summed E-state index contributed by atoms with van der Waals surface area (Å²) in [6.45, 7) is 1.37. The summed E-state index contributed by atoms with van der Waals surface area (Å²) in [4.78, 5) is 15.4. The lowest BCUT2D eigenvalue weighted by molar-refractivity contribution is 0.0658. The summed E-state index contributed by atoms with van der Waals surface area (Å²) >= 11 is 0. The Morgan fingerprint density at radius 2 is 2.32 bits per heavy atom. The summed E-state index contributed by atoms with van der Waals surface area (Å²) in [6, 6.07) is 1.73. The number of ether oxygens (including phenoxy) is 1. The molecule has 3 rings (SSSR count). The number of nitrogens with zero attached hydrogens (tertiary/aromatic N) is 3. The third-order valence-electron chi connectivity index (χ3n) is 3.37. The molecule has 0 atom stereocenters. The lowest BCUT2D eigenvalue weighted by Crippen LogP contribution is -2.16. The fourth-order valence-electron chi connectivity index (χ4n) is 2.37. The van der Waals surface area contributed by atoms with Crippen LogP contribution in [-0.4, -0.2) is 38.8 Å². The Labute approximate surface area is 110 Å². The van der Waals surface area contributed by atoms with Crippen molar-refractivity contribution in [2.45, 2.75) is 31.8 Å². The molecule has 7 heteroatoms. The fourth-order valence-corrected chi connectivity index (χ4v) is 2.37. The van der Waals surface area contributed by atoms with Gasteiger partial charge in [-0.05, 0) is 12.8 Å². The van der Waals surface area contributed by atoms with Crippen molar-refractivity contribution in [1.29, 1.82) is 0 Å². The lowest BCUT2D eigenvalue weighted by atomic mass is 10.3. The molecule has 102 valence electrons. The van der Waals surface area contributed by atoms with E-state index in [0.29, 0.717) is 30.7 Å². The van der Waals surface area contributed by atoms with E-state index in [2.05, 4.69) is 20.5 Å². The Morgan fingerprint density at radius 1 is 1.47 bits per heavy atom. The van der Waals surface area contributed by atoms with Crippen molar-refractivity contribution < 1.29 is 4.74 Å². The van der Waals surface area contributed by atoms with Crippen molar-refractivity contribution in [1.82, 2.24) is 19.6 Å². The molecule has 2 aromatic heterocycles. The van der Waals surface area contributed by atoms with Gasteiger partial charge in [-0.1, -0.05) is 12.8 Å². The topological polar surface area (TPSA) is 84.3 Å².